The summed E-state index contributed by atoms with van der Waals surface area (Å²) in [6.07, 6.45) is 4.63. The first-order valence-corrected chi connectivity index (χ1v) is 20.3. The van der Waals surface area contributed by atoms with Gasteiger partial charge < -0.3 is 30.2 Å². The van der Waals surface area contributed by atoms with E-state index >= 15 is 0 Å². The highest BCUT2D eigenvalue weighted by molar-refractivity contribution is 7.89. The Bertz CT molecular complexity index is 1800. The number of aliphatic hydroxyl groups is 1. The van der Waals surface area contributed by atoms with Crippen molar-refractivity contribution in [3.8, 4) is 0 Å². The van der Waals surface area contributed by atoms with Gasteiger partial charge in [0.25, 0.3) is 0 Å². The number of rotatable bonds is 19. The number of benzene rings is 2. The number of nitrogens with zero attached hydrogens (tertiary/aromatic N) is 5. The molecule has 1 aromatic heterocycles. The van der Waals surface area contributed by atoms with E-state index < -0.39 is 34.1 Å². The van der Waals surface area contributed by atoms with Crippen molar-refractivity contribution in [2.45, 2.75) is 88.6 Å². The summed E-state index contributed by atoms with van der Waals surface area (Å²) in [4.78, 5) is 36.3. The zero-order chi connectivity index (χ0) is 38.7. The van der Waals surface area contributed by atoms with Crippen molar-refractivity contribution in [2.75, 3.05) is 33.3 Å². The molecule has 3 N–H and O–H groups in total. The van der Waals surface area contributed by atoms with E-state index in [0.29, 0.717) is 38.2 Å². The Morgan fingerprint density at radius 1 is 1.06 bits per heavy atom. The second-order valence-electron chi connectivity index (χ2n) is 14.4. The second-order valence-corrected chi connectivity index (χ2v) is 16.4. The van der Waals surface area contributed by atoms with Crippen LogP contribution in [0.5, 0.6) is 0 Å². The van der Waals surface area contributed by atoms with Gasteiger partial charge in [-0.2, -0.15) is 4.31 Å². The highest BCUT2D eigenvalue weighted by Gasteiger charge is 2.41. The van der Waals surface area contributed by atoms with Crippen LogP contribution in [-0.4, -0.2) is 107 Å². The monoisotopic (exact) mass is 762 g/mol. The molecule has 3 aromatic rings. The third-order valence-electron chi connectivity index (χ3n) is 10.6. The molecule has 2 fully saturated rings. The molecule has 1 aliphatic carbocycles. The maximum atomic E-state index is 14.4. The Balaban J connectivity index is 1.38. The summed E-state index contributed by atoms with van der Waals surface area (Å²) in [5, 5.41) is 27.0. The number of aliphatic hydroxyl groups excluding tert-OH is 1. The van der Waals surface area contributed by atoms with Gasteiger partial charge in [0, 0.05) is 33.3 Å². The van der Waals surface area contributed by atoms with E-state index in [-0.39, 0.29) is 42.3 Å². The third kappa shape index (κ3) is 10.4. The summed E-state index contributed by atoms with van der Waals surface area (Å²) in [6, 6.07) is 19.1. The molecule has 1 aliphatic heterocycles. The Hall–Kier alpha value is -4.37. The molecule has 2 aromatic carbocycles. The second kappa shape index (κ2) is 19.3. The summed E-state index contributed by atoms with van der Waals surface area (Å²) in [7, 11) is -2.46. The van der Waals surface area contributed by atoms with Crippen LogP contribution in [0, 0.1) is 11.8 Å². The number of ether oxygens (including phenoxy) is 1. The van der Waals surface area contributed by atoms with E-state index in [9.17, 15) is 23.1 Å². The lowest BCUT2D eigenvalue weighted by Gasteiger charge is -2.35. The predicted octanol–water partition coefficient (Wildman–Crippen LogP) is 4.66. The number of sulfonamides is 1. The lowest BCUT2D eigenvalue weighted by Crippen LogP contribution is -2.57. The van der Waals surface area contributed by atoms with Gasteiger partial charge in [-0.25, -0.2) is 13.2 Å². The van der Waals surface area contributed by atoms with E-state index in [1.807, 2.05) is 62.4 Å². The molecule has 14 heteroatoms. The van der Waals surface area contributed by atoms with Gasteiger partial charge in [0.1, 0.15) is 6.04 Å². The number of urea groups is 1. The minimum atomic E-state index is -4.06. The molecule has 1 saturated carbocycles. The fraction of sp³-hybridized carbons (Fsp3) is 0.500. The molecule has 2 heterocycles. The number of methoxy groups -OCH3 is 1. The number of pyridine rings is 1. The molecule has 13 nitrogen and oxygen atoms in total. The topological polar surface area (TPSA) is 165 Å². The molecular formula is C40H54N6O7S. The van der Waals surface area contributed by atoms with Crippen molar-refractivity contribution in [3.05, 3.63) is 95.3 Å². The maximum absolute atomic E-state index is 14.4. The van der Waals surface area contributed by atoms with Crippen LogP contribution in [-0.2, 0) is 39.1 Å². The van der Waals surface area contributed by atoms with Crippen LogP contribution in [0.1, 0.15) is 68.5 Å². The van der Waals surface area contributed by atoms with E-state index in [1.54, 1.807) is 29.0 Å². The van der Waals surface area contributed by atoms with Crippen LogP contribution in [0.15, 0.2) is 82.8 Å². The van der Waals surface area contributed by atoms with Gasteiger partial charge in [-0.15, -0.1) is 0 Å². The SMILES string of the molecule is CCC(C)C(C(=O)N[C@@H](Cc1ccccc1)[C@H](O)CN(CC1CCCC1)S(=O)(=O)c1ccc(/C=N/O)cc1)N1CCN(Cc2cccc(COC)n2)C1=O. The van der Waals surface area contributed by atoms with Gasteiger partial charge in [0.2, 0.25) is 15.9 Å². The van der Waals surface area contributed by atoms with Crippen molar-refractivity contribution in [2.24, 2.45) is 17.0 Å². The molecular weight excluding hydrogens is 709 g/mol. The standard InChI is InChI=1S/C40H54N6O7S/c1-4-29(2)38(46-22-21-44(40(46)49)26-33-15-10-16-34(42-33)28-53-3)39(48)43-36(23-30-11-6-5-7-12-30)37(47)27-45(25-32-13-8-9-14-32)54(51,52)35-19-17-31(18-20-35)24-41-50/h5-7,10-12,15-20,24,29,32,36-38,47,50H,4,8-9,13-14,21-23,25-28H2,1-3H3,(H,43,48)/b41-24+/t29?,36-,37+,38?/m0/s1. The smallest absolute Gasteiger partial charge is 0.321 e. The first-order valence-electron chi connectivity index (χ1n) is 18.8. The van der Waals surface area contributed by atoms with Crippen LogP contribution in [0.3, 0.4) is 0 Å². The number of aromatic nitrogens is 1. The largest absolute Gasteiger partial charge is 0.411 e. The van der Waals surface area contributed by atoms with E-state index in [2.05, 4.69) is 15.5 Å². The Labute approximate surface area is 319 Å². The summed E-state index contributed by atoms with van der Waals surface area (Å²) in [5.74, 6) is -0.456. The van der Waals surface area contributed by atoms with Crippen LogP contribution < -0.4 is 5.32 Å². The molecule has 5 rings (SSSR count). The molecule has 0 bridgehead atoms. The molecule has 4 atom stereocenters. The summed E-state index contributed by atoms with van der Waals surface area (Å²) in [6.45, 7) is 5.33. The summed E-state index contributed by atoms with van der Waals surface area (Å²) in [5.41, 5.74) is 2.88. The summed E-state index contributed by atoms with van der Waals surface area (Å²) >= 11 is 0. The van der Waals surface area contributed by atoms with Gasteiger partial charge >= 0.3 is 6.03 Å². The Kier molecular flexibility index (Phi) is 14.6. The van der Waals surface area contributed by atoms with Gasteiger partial charge in [-0.05, 0) is 66.5 Å². The highest BCUT2D eigenvalue weighted by Crippen LogP contribution is 2.29. The normalized spacial score (nSPS) is 17.7. The minimum Gasteiger partial charge on any atom is -0.411 e. The van der Waals surface area contributed by atoms with Crippen molar-refractivity contribution in [1.82, 2.24) is 24.4 Å². The molecule has 54 heavy (non-hydrogen) atoms. The first kappa shape index (κ1) is 40.8. The molecule has 2 aliphatic rings. The average molecular weight is 763 g/mol. The van der Waals surface area contributed by atoms with Gasteiger partial charge in [-0.3, -0.25) is 9.78 Å². The Morgan fingerprint density at radius 3 is 2.43 bits per heavy atom. The van der Waals surface area contributed by atoms with E-state index in [0.717, 1.165) is 42.6 Å². The predicted molar refractivity (Wildman–Crippen MR) is 205 cm³/mol. The maximum Gasteiger partial charge on any atom is 0.321 e. The molecule has 292 valence electrons. The molecule has 3 amide bonds. The number of amides is 3. The highest BCUT2D eigenvalue weighted by atomic mass is 32.2. The number of oxime groups is 1. The molecule has 0 spiro atoms. The number of nitrogens with one attached hydrogen (secondary N) is 1. The molecule has 0 radical (unpaired) electrons. The first-order chi connectivity index (χ1) is 26.0. The molecule has 1 saturated heterocycles. The quantitative estimate of drug-likeness (QED) is 0.0902. The fourth-order valence-electron chi connectivity index (χ4n) is 7.43. The van der Waals surface area contributed by atoms with Gasteiger partial charge in [-0.1, -0.05) is 86.8 Å². The fourth-order valence-corrected chi connectivity index (χ4v) is 8.96. The Morgan fingerprint density at radius 2 is 1.76 bits per heavy atom. The summed E-state index contributed by atoms with van der Waals surface area (Å²) < 4.78 is 34.9. The van der Waals surface area contributed by atoms with Crippen molar-refractivity contribution in [3.63, 3.8) is 0 Å². The number of carbonyl (C=O) groups is 2. The van der Waals surface area contributed by atoms with Gasteiger partial charge in [0.15, 0.2) is 0 Å². The minimum absolute atomic E-state index is 0.0565. The zero-order valence-corrected chi connectivity index (χ0v) is 32.3. The number of hydrogen-bond donors (Lipinski definition) is 3. The lowest BCUT2D eigenvalue weighted by molar-refractivity contribution is -0.128. The number of carbonyl (C=O) groups excluding carboxylic acids is 2. The average Bonchev–Trinajstić information content (AvgIpc) is 3.81. The van der Waals surface area contributed by atoms with Crippen molar-refractivity contribution in [1.29, 1.82) is 0 Å². The third-order valence-corrected chi connectivity index (χ3v) is 12.4. The number of hydrogen-bond acceptors (Lipinski definition) is 9. The van der Waals surface area contributed by atoms with Crippen molar-refractivity contribution < 1.29 is 33.1 Å². The zero-order valence-electron chi connectivity index (χ0n) is 31.5. The van der Waals surface area contributed by atoms with Crippen LogP contribution in [0.4, 0.5) is 4.79 Å². The van der Waals surface area contributed by atoms with Crippen LogP contribution in [0.2, 0.25) is 0 Å². The molecule has 2 unspecified atom stereocenters. The van der Waals surface area contributed by atoms with Crippen LogP contribution >= 0.6 is 0 Å². The van der Waals surface area contributed by atoms with Crippen molar-refractivity contribution >= 4 is 28.2 Å². The van der Waals surface area contributed by atoms with Gasteiger partial charge in [0.05, 0.1) is 47.8 Å². The van der Waals surface area contributed by atoms with E-state index in [4.69, 9.17) is 9.94 Å². The van der Waals surface area contributed by atoms with E-state index in [1.165, 1.54) is 22.7 Å². The lowest BCUT2D eigenvalue weighted by atomic mass is 9.95. The van der Waals surface area contributed by atoms with Crippen LogP contribution in [0.25, 0.3) is 0 Å².